The van der Waals surface area contributed by atoms with Crippen LogP contribution in [0.15, 0.2) is 24.3 Å². The number of rotatable bonds is 1. The third kappa shape index (κ3) is 0.842. The van der Waals surface area contributed by atoms with Crippen molar-refractivity contribution < 1.29 is 9.90 Å². The van der Waals surface area contributed by atoms with E-state index >= 15 is 0 Å². The summed E-state index contributed by atoms with van der Waals surface area (Å²) in [5.41, 5.74) is 1.08. The molecule has 3 heteroatoms. The van der Waals surface area contributed by atoms with E-state index in [0.29, 0.717) is 0 Å². The Morgan fingerprint density at radius 3 is 2.93 bits per heavy atom. The molecule has 1 aromatic rings. The summed E-state index contributed by atoms with van der Waals surface area (Å²) < 4.78 is 0. The predicted molar refractivity (Wildman–Crippen MR) is 50.9 cm³/mol. The standard InChI is InChI=1S/C11H11NO2/c13-8-3-1-2-7(4-8)11-5-9(11)10(14)12-6-11/h1-4,9,13H,5-6H2,(H,12,14). The lowest BCUT2D eigenvalue weighted by Crippen LogP contribution is -2.22. The van der Waals surface area contributed by atoms with Gasteiger partial charge in [0.15, 0.2) is 0 Å². The van der Waals surface area contributed by atoms with Crippen LogP contribution in [-0.2, 0) is 10.2 Å². The van der Waals surface area contributed by atoms with Gasteiger partial charge in [0.25, 0.3) is 0 Å². The van der Waals surface area contributed by atoms with E-state index in [1.54, 1.807) is 12.1 Å². The maximum Gasteiger partial charge on any atom is 0.224 e. The summed E-state index contributed by atoms with van der Waals surface area (Å²) in [4.78, 5) is 11.3. The Morgan fingerprint density at radius 1 is 1.50 bits per heavy atom. The zero-order valence-electron chi connectivity index (χ0n) is 7.66. The van der Waals surface area contributed by atoms with Gasteiger partial charge in [-0.25, -0.2) is 0 Å². The monoisotopic (exact) mass is 189 g/mol. The molecule has 1 amide bonds. The molecule has 2 atom stereocenters. The minimum absolute atomic E-state index is 0.00414. The highest BCUT2D eigenvalue weighted by Gasteiger charge is 2.63. The van der Waals surface area contributed by atoms with Gasteiger partial charge in [-0.05, 0) is 24.1 Å². The number of amides is 1. The van der Waals surface area contributed by atoms with Gasteiger partial charge in [0.1, 0.15) is 5.75 Å². The molecule has 2 fully saturated rings. The van der Waals surface area contributed by atoms with Gasteiger partial charge in [-0.15, -0.1) is 0 Å². The summed E-state index contributed by atoms with van der Waals surface area (Å²) in [5.74, 6) is 0.583. The zero-order valence-corrected chi connectivity index (χ0v) is 7.66. The third-order valence-corrected chi connectivity index (χ3v) is 3.39. The summed E-state index contributed by atoms with van der Waals surface area (Å²) in [6.07, 6.45) is 0.933. The van der Waals surface area contributed by atoms with E-state index in [9.17, 15) is 9.90 Å². The van der Waals surface area contributed by atoms with Crippen LogP contribution in [0.4, 0.5) is 0 Å². The summed E-state index contributed by atoms with van der Waals surface area (Å²) in [7, 11) is 0. The smallest absolute Gasteiger partial charge is 0.224 e. The van der Waals surface area contributed by atoms with Gasteiger partial charge in [0, 0.05) is 12.0 Å². The molecule has 1 saturated carbocycles. The van der Waals surface area contributed by atoms with Crippen molar-refractivity contribution in [2.45, 2.75) is 11.8 Å². The molecular formula is C11H11NO2. The Hall–Kier alpha value is -1.51. The lowest BCUT2D eigenvalue weighted by atomic mass is 9.95. The van der Waals surface area contributed by atoms with E-state index in [4.69, 9.17) is 0 Å². The Balaban J connectivity index is 2.01. The fourth-order valence-corrected chi connectivity index (χ4v) is 2.45. The van der Waals surface area contributed by atoms with Crippen LogP contribution in [-0.4, -0.2) is 17.6 Å². The van der Waals surface area contributed by atoms with Crippen LogP contribution < -0.4 is 5.32 Å². The van der Waals surface area contributed by atoms with Crippen molar-refractivity contribution in [1.82, 2.24) is 5.32 Å². The topological polar surface area (TPSA) is 49.3 Å². The molecule has 1 aromatic carbocycles. The molecule has 2 aliphatic rings. The Bertz CT molecular complexity index is 416. The number of benzene rings is 1. The number of hydrogen-bond acceptors (Lipinski definition) is 2. The average molecular weight is 189 g/mol. The van der Waals surface area contributed by atoms with Crippen LogP contribution in [0.5, 0.6) is 5.75 Å². The van der Waals surface area contributed by atoms with Gasteiger partial charge >= 0.3 is 0 Å². The maximum atomic E-state index is 11.3. The van der Waals surface area contributed by atoms with Crippen LogP contribution in [0, 0.1) is 5.92 Å². The summed E-state index contributed by atoms with van der Waals surface area (Å²) in [5, 5.41) is 12.2. The van der Waals surface area contributed by atoms with E-state index in [-0.39, 0.29) is 23.0 Å². The number of fused-ring (bicyclic) bond motifs is 1. The molecule has 3 nitrogen and oxygen atoms in total. The normalized spacial score (nSPS) is 33.7. The van der Waals surface area contributed by atoms with Crippen LogP contribution in [0.3, 0.4) is 0 Å². The highest BCUT2D eigenvalue weighted by molar-refractivity contribution is 5.88. The number of carbonyl (C=O) groups excluding carboxylic acids is 1. The molecule has 1 aliphatic heterocycles. The average Bonchev–Trinajstić information content (AvgIpc) is 2.83. The van der Waals surface area contributed by atoms with Gasteiger partial charge in [0.05, 0.1) is 5.92 Å². The number of carbonyl (C=O) groups is 1. The Kier molecular flexibility index (Phi) is 1.29. The first-order valence-corrected chi connectivity index (χ1v) is 4.80. The van der Waals surface area contributed by atoms with Gasteiger partial charge in [-0.3, -0.25) is 4.79 Å². The molecule has 0 spiro atoms. The van der Waals surface area contributed by atoms with Crippen LogP contribution in [0.25, 0.3) is 0 Å². The van der Waals surface area contributed by atoms with E-state index < -0.39 is 0 Å². The van der Waals surface area contributed by atoms with Crippen LogP contribution >= 0.6 is 0 Å². The van der Waals surface area contributed by atoms with Crippen LogP contribution in [0.2, 0.25) is 0 Å². The van der Waals surface area contributed by atoms with Crippen molar-refractivity contribution in [1.29, 1.82) is 0 Å². The molecule has 1 saturated heterocycles. The molecule has 1 heterocycles. The van der Waals surface area contributed by atoms with E-state index in [2.05, 4.69) is 5.32 Å². The Labute approximate surface area is 81.8 Å². The molecule has 0 aromatic heterocycles. The SMILES string of the molecule is O=C1NCC2(c3cccc(O)c3)CC12. The summed E-state index contributed by atoms with van der Waals surface area (Å²) in [6.45, 7) is 0.722. The van der Waals surface area contributed by atoms with Gasteiger partial charge in [-0.1, -0.05) is 12.1 Å². The number of aromatic hydroxyl groups is 1. The molecular weight excluding hydrogens is 178 g/mol. The summed E-state index contributed by atoms with van der Waals surface area (Å²) >= 11 is 0. The molecule has 1 aliphatic carbocycles. The van der Waals surface area contributed by atoms with Crippen molar-refractivity contribution in [2.75, 3.05) is 6.54 Å². The second kappa shape index (κ2) is 2.29. The van der Waals surface area contributed by atoms with Crippen molar-refractivity contribution in [3.8, 4) is 5.75 Å². The minimum Gasteiger partial charge on any atom is -0.508 e. The second-order valence-electron chi connectivity index (χ2n) is 4.18. The van der Waals surface area contributed by atoms with Gasteiger partial charge in [-0.2, -0.15) is 0 Å². The number of phenols is 1. The summed E-state index contributed by atoms with van der Waals surface area (Å²) in [6, 6.07) is 7.24. The van der Waals surface area contributed by atoms with Gasteiger partial charge < -0.3 is 10.4 Å². The van der Waals surface area contributed by atoms with Crippen molar-refractivity contribution in [3.63, 3.8) is 0 Å². The third-order valence-electron chi connectivity index (χ3n) is 3.39. The largest absolute Gasteiger partial charge is 0.508 e. The molecule has 14 heavy (non-hydrogen) atoms. The predicted octanol–water partition coefficient (Wildman–Crippen LogP) is 0.780. The van der Waals surface area contributed by atoms with E-state index in [1.165, 1.54) is 0 Å². The lowest BCUT2D eigenvalue weighted by Gasteiger charge is -2.11. The number of nitrogens with one attached hydrogen (secondary N) is 1. The zero-order chi connectivity index (χ0) is 9.76. The fraction of sp³-hybridized carbons (Fsp3) is 0.364. The number of hydrogen-bond donors (Lipinski definition) is 2. The minimum atomic E-state index is -0.00414. The molecule has 72 valence electrons. The van der Waals surface area contributed by atoms with Crippen molar-refractivity contribution >= 4 is 5.91 Å². The molecule has 2 unspecified atom stereocenters. The quantitative estimate of drug-likeness (QED) is 0.685. The van der Waals surface area contributed by atoms with Crippen molar-refractivity contribution in [2.24, 2.45) is 5.92 Å². The molecule has 2 N–H and O–H groups in total. The van der Waals surface area contributed by atoms with Crippen LogP contribution in [0.1, 0.15) is 12.0 Å². The number of phenolic OH excluding ortho intramolecular Hbond substituents is 1. The fourth-order valence-electron chi connectivity index (χ4n) is 2.45. The lowest BCUT2D eigenvalue weighted by molar-refractivity contribution is -0.120. The second-order valence-corrected chi connectivity index (χ2v) is 4.18. The molecule has 0 radical (unpaired) electrons. The molecule has 0 bridgehead atoms. The highest BCUT2D eigenvalue weighted by atomic mass is 16.3. The highest BCUT2D eigenvalue weighted by Crippen LogP contribution is 2.57. The maximum absolute atomic E-state index is 11.3. The van der Waals surface area contributed by atoms with Crippen molar-refractivity contribution in [3.05, 3.63) is 29.8 Å². The first-order valence-electron chi connectivity index (χ1n) is 4.80. The van der Waals surface area contributed by atoms with Gasteiger partial charge in [0.2, 0.25) is 5.91 Å². The first-order chi connectivity index (χ1) is 6.72. The first kappa shape index (κ1) is 7.85. The Morgan fingerprint density at radius 2 is 2.36 bits per heavy atom. The van der Waals surface area contributed by atoms with E-state index in [1.807, 2.05) is 12.1 Å². The van der Waals surface area contributed by atoms with E-state index in [0.717, 1.165) is 18.5 Å². The number of piperidine rings is 1. The molecule has 3 rings (SSSR count).